The van der Waals surface area contributed by atoms with E-state index in [1.165, 1.54) is 14.0 Å². The van der Waals surface area contributed by atoms with Crippen LogP contribution in [-0.4, -0.2) is 220 Å². The number of methoxy groups -OCH3 is 1. The van der Waals surface area contributed by atoms with Gasteiger partial charge in [0, 0.05) is 57.7 Å². The fourth-order valence-electron chi connectivity index (χ4n) is 10.5. The van der Waals surface area contributed by atoms with Crippen molar-refractivity contribution < 1.29 is 68.6 Å². The van der Waals surface area contributed by atoms with Crippen LogP contribution < -0.4 is 10.6 Å². The minimum absolute atomic E-state index is 0.117. The molecule has 3 fully saturated rings. The van der Waals surface area contributed by atoms with E-state index >= 15 is 0 Å². The molecule has 8 N–H and O–H groups in total. The first kappa shape index (κ1) is 63.2. The third kappa shape index (κ3) is 17.9. The molecule has 69 heavy (non-hydrogen) atoms. The van der Waals surface area contributed by atoms with Gasteiger partial charge in [0.25, 0.3) is 6.47 Å². The van der Waals surface area contributed by atoms with E-state index < -0.39 is 96.0 Å². The highest BCUT2D eigenvalue weighted by molar-refractivity contribution is 7.80. The lowest BCUT2D eigenvalue weighted by Crippen LogP contribution is -2.60. The summed E-state index contributed by atoms with van der Waals surface area (Å²) in [6.45, 7) is 27.1. The number of thiocarbonyl (C=S) groups is 1. The molecule has 0 unspecified atom stereocenters. The largest absolute Gasteiger partial charge is 0.483 e. The average molecular weight is 1010 g/mol. The molecule has 20 heteroatoms. The number of esters is 1. The summed E-state index contributed by atoms with van der Waals surface area (Å²) in [5.74, 6) is -2.74. The lowest BCUT2D eigenvalue weighted by atomic mass is 9.77. The predicted octanol–water partition coefficient (Wildman–Crippen LogP) is 2.56. The van der Waals surface area contributed by atoms with E-state index in [0.29, 0.717) is 37.6 Å². The SMILES string of the molecule is CC[C@H]1OC(=O)[C@H](C)[C@@H](O[C@H]2C[C@@](C)(OC)[C@@H](O)[C@H](C)O2)[C@H](C)[C@@H](O[C@@H]2O[C@H](C)C[C@H](N(C)C)[C@H]2O)[C@](C)(O)C[C@@H](C)CN(CCCNC(=S)NCCCN(CC)CC)[C@H](C)[C@@H](O)[C@]1(C)O.O=CO. The van der Waals surface area contributed by atoms with Crippen molar-refractivity contribution in [2.75, 3.05) is 67.0 Å². The quantitative estimate of drug-likeness (QED) is 0.0452. The predicted molar refractivity (Wildman–Crippen MR) is 267 cm³/mol. The van der Waals surface area contributed by atoms with Crippen LogP contribution >= 0.6 is 12.2 Å². The van der Waals surface area contributed by atoms with Gasteiger partial charge < -0.3 is 79.5 Å². The van der Waals surface area contributed by atoms with Crippen molar-refractivity contribution in [1.82, 2.24) is 25.3 Å². The molecular formula is C49H95N5O14S. The van der Waals surface area contributed by atoms with E-state index in [4.69, 9.17) is 50.5 Å². The van der Waals surface area contributed by atoms with Crippen LogP contribution in [0.5, 0.6) is 0 Å². The van der Waals surface area contributed by atoms with E-state index in [2.05, 4.69) is 34.3 Å². The smallest absolute Gasteiger partial charge is 0.311 e. The third-order valence-electron chi connectivity index (χ3n) is 14.8. The Labute approximate surface area is 419 Å². The van der Waals surface area contributed by atoms with Gasteiger partial charge in [0.1, 0.15) is 30.0 Å². The molecule has 0 aromatic heterocycles. The van der Waals surface area contributed by atoms with Crippen LogP contribution in [0.4, 0.5) is 0 Å². The molecule has 406 valence electrons. The van der Waals surface area contributed by atoms with Gasteiger partial charge in [-0.05, 0) is 132 Å². The molecule has 3 heterocycles. The Balaban J connectivity index is 0.00000530. The van der Waals surface area contributed by atoms with Gasteiger partial charge in [-0.15, -0.1) is 0 Å². The zero-order valence-electron chi connectivity index (χ0n) is 44.6. The summed E-state index contributed by atoms with van der Waals surface area (Å²) in [4.78, 5) is 29.3. The summed E-state index contributed by atoms with van der Waals surface area (Å²) in [6.07, 6.45) is -7.01. The molecule has 3 aliphatic rings. The van der Waals surface area contributed by atoms with Gasteiger partial charge in [0.05, 0.1) is 41.5 Å². The van der Waals surface area contributed by atoms with Crippen molar-refractivity contribution in [1.29, 1.82) is 0 Å². The summed E-state index contributed by atoms with van der Waals surface area (Å²) < 4.78 is 38.1. The van der Waals surface area contributed by atoms with Crippen molar-refractivity contribution in [2.24, 2.45) is 17.8 Å². The number of cyclic esters (lactones) is 1. The maximum Gasteiger partial charge on any atom is 0.311 e. The maximum atomic E-state index is 14.5. The van der Waals surface area contributed by atoms with Crippen LogP contribution in [0, 0.1) is 17.8 Å². The number of hydrogen-bond acceptors (Lipinski definition) is 17. The molecule has 0 aromatic carbocycles. The lowest BCUT2D eigenvalue weighted by molar-refractivity contribution is -0.318. The fourth-order valence-corrected chi connectivity index (χ4v) is 10.7. The van der Waals surface area contributed by atoms with Crippen LogP contribution in [-0.2, 0) is 38.0 Å². The second-order valence-electron chi connectivity index (χ2n) is 20.7. The number of rotatable bonds is 17. The number of hydrogen-bond donors (Lipinski definition) is 8. The molecule has 0 saturated carbocycles. The maximum absolute atomic E-state index is 14.5. The Morgan fingerprint density at radius 2 is 1.52 bits per heavy atom. The average Bonchev–Trinajstić information content (AvgIpc) is 3.28. The standard InChI is InChI=1S/C48H93N5O12S.CH2O2/c1-16-36-48(12,59)40(55)33(8)53(24-20-22-50-45(66)49-21-19-23-52(17-2)18-3)28-29(4)26-46(10,58)42(65-44-38(54)35(51(13)14)25-30(5)61-44)31(6)39(32(7)43(57)63-36)64-37-27-47(11,60-15)41(56)34(9)62-37;2-1-3/h29-42,44,54-56,58-59H,16-28H2,1-15H3,(H2,49,50,66);1H,(H,2,3)/t29-,30-,31+,32-,33-,34+,35+,36-,37+,38-,39+,40-,41+,42-,44+,46-,47-,48-;/m1./s1. The van der Waals surface area contributed by atoms with Gasteiger partial charge in [0.2, 0.25) is 0 Å². The van der Waals surface area contributed by atoms with E-state index in [1.54, 1.807) is 34.6 Å². The molecule has 3 saturated heterocycles. The molecule has 0 amide bonds. The van der Waals surface area contributed by atoms with Crippen LogP contribution in [0.25, 0.3) is 0 Å². The minimum Gasteiger partial charge on any atom is -0.483 e. The van der Waals surface area contributed by atoms with E-state index in [-0.39, 0.29) is 43.8 Å². The van der Waals surface area contributed by atoms with Crippen LogP contribution in [0.1, 0.15) is 122 Å². The molecule has 0 aliphatic carbocycles. The van der Waals surface area contributed by atoms with Crippen molar-refractivity contribution >= 4 is 29.8 Å². The molecule has 18 atom stereocenters. The number of ether oxygens (including phenoxy) is 6. The Morgan fingerprint density at radius 1 is 0.928 bits per heavy atom. The highest BCUT2D eigenvalue weighted by Gasteiger charge is 2.53. The van der Waals surface area contributed by atoms with Gasteiger partial charge in [-0.25, -0.2) is 0 Å². The number of nitrogens with one attached hydrogen (secondary N) is 2. The molecule has 19 nitrogen and oxygen atoms in total. The summed E-state index contributed by atoms with van der Waals surface area (Å²) >= 11 is 5.58. The number of carboxylic acid groups (broad SMARTS) is 1. The second kappa shape index (κ2) is 29.1. The van der Waals surface area contributed by atoms with E-state index in [0.717, 1.165) is 32.6 Å². The minimum atomic E-state index is -1.87. The molecule has 3 aliphatic heterocycles. The number of carbonyl (C=O) groups is 2. The van der Waals surface area contributed by atoms with E-state index in [1.807, 2.05) is 46.7 Å². The molecule has 0 aromatic rings. The van der Waals surface area contributed by atoms with Crippen molar-refractivity contribution in [2.45, 2.75) is 212 Å². The summed E-state index contributed by atoms with van der Waals surface area (Å²) in [6, 6.07) is -0.908. The summed E-state index contributed by atoms with van der Waals surface area (Å²) in [5.41, 5.74) is -4.53. The van der Waals surface area contributed by atoms with E-state index in [9.17, 15) is 30.3 Å². The number of likely N-dealkylation sites (N-methyl/N-ethyl adjacent to an activating group) is 1. The van der Waals surface area contributed by atoms with Gasteiger partial charge >= 0.3 is 5.97 Å². The molecule has 0 bridgehead atoms. The van der Waals surface area contributed by atoms with Crippen molar-refractivity contribution in [3.05, 3.63) is 0 Å². The highest BCUT2D eigenvalue weighted by atomic mass is 32.1. The Bertz CT molecular complexity index is 1520. The normalized spacial score (nSPS) is 39.9. The van der Waals surface area contributed by atoms with Crippen LogP contribution in [0.3, 0.4) is 0 Å². The zero-order chi connectivity index (χ0) is 52.6. The fraction of sp³-hybridized carbons (Fsp3) is 0.939. The Kier molecular flexibility index (Phi) is 26.7. The first-order valence-corrected chi connectivity index (χ1v) is 25.7. The first-order valence-electron chi connectivity index (χ1n) is 25.3. The zero-order valence-corrected chi connectivity index (χ0v) is 45.4. The lowest BCUT2D eigenvalue weighted by Gasteiger charge is -2.48. The Hall–Kier alpha value is -1.89. The number of nitrogens with zero attached hydrogens (tertiary/aromatic N) is 3. The molecular weight excluding hydrogens is 915 g/mol. The molecule has 0 radical (unpaired) electrons. The molecule has 3 rings (SSSR count). The number of aliphatic hydroxyl groups is 5. The van der Waals surface area contributed by atoms with Crippen molar-refractivity contribution in [3.8, 4) is 0 Å². The first-order chi connectivity index (χ1) is 32.2. The second-order valence-corrected chi connectivity index (χ2v) is 21.2. The number of aliphatic hydroxyl groups excluding tert-OH is 3. The topological polar surface area (TPSA) is 245 Å². The van der Waals surface area contributed by atoms with Crippen molar-refractivity contribution in [3.63, 3.8) is 0 Å². The summed E-state index contributed by atoms with van der Waals surface area (Å²) in [5, 5.41) is 74.0. The van der Waals surface area contributed by atoms with Gasteiger partial charge in [-0.1, -0.05) is 34.6 Å². The van der Waals surface area contributed by atoms with Crippen LogP contribution in [0.15, 0.2) is 0 Å². The van der Waals surface area contributed by atoms with Gasteiger partial charge in [0.15, 0.2) is 17.7 Å². The van der Waals surface area contributed by atoms with Gasteiger partial charge in [-0.3, -0.25) is 14.5 Å². The third-order valence-corrected chi connectivity index (χ3v) is 15.1. The Morgan fingerprint density at radius 3 is 2.07 bits per heavy atom. The molecule has 0 spiro atoms. The monoisotopic (exact) mass is 1010 g/mol. The van der Waals surface area contributed by atoms with Crippen LogP contribution in [0.2, 0.25) is 0 Å². The highest BCUT2D eigenvalue weighted by Crippen LogP contribution is 2.40. The van der Waals surface area contributed by atoms with Gasteiger partial charge in [-0.2, -0.15) is 0 Å². The summed E-state index contributed by atoms with van der Waals surface area (Å²) in [7, 11) is 5.29. The number of carbonyl (C=O) groups excluding carboxylic acids is 1.